The minimum absolute atomic E-state index is 0.520. The van der Waals surface area contributed by atoms with Crippen molar-refractivity contribution >= 4 is 0 Å². The monoisotopic (exact) mass is 139 g/mol. The van der Waals surface area contributed by atoms with Gasteiger partial charge in [-0.25, -0.2) is 0 Å². The van der Waals surface area contributed by atoms with Crippen LogP contribution in [0.2, 0.25) is 0 Å². The van der Waals surface area contributed by atoms with Gasteiger partial charge in [0.2, 0.25) is 0 Å². The van der Waals surface area contributed by atoms with Crippen LogP contribution >= 0.6 is 0 Å². The van der Waals surface area contributed by atoms with Gasteiger partial charge in [0.25, 0.3) is 0 Å². The Kier molecular flexibility index (Phi) is 1.31. The molecule has 0 spiro atoms. The summed E-state index contributed by atoms with van der Waals surface area (Å²) in [6.07, 6.45) is 5.79. The third-order valence-electron chi connectivity index (χ3n) is 3.58. The Balaban J connectivity index is 2.03. The molecule has 2 saturated carbocycles. The molecule has 0 aromatic heterocycles. The molecule has 2 rings (SSSR count). The maximum atomic E-state index is 5.72. The van der Waals surface area contributed by atoms with Gasteiger partial charge >= 0.3 is 0 Å². The first-order chi connectivity index (χ1) is 4.73. The normalized spacial score (nSPS) is 52.2. The molecule has 2 N–H and O–H groups in total. The molecule has 2 atom stereocenters. The van der Waals surface area contributed by atoms with Crippen molar-refractivity contribution in [3.63, 3.8) is 0 Å². The number of nitrogens with two attached hydrogens (primary N) is 1. The Morgan fingerprint density at radius 2 is 1.80 bits per heavy atom. The zero-order valence-corrected chi connectivity index (χ0v) is 6.77. The van der Waals surface area contributed by atoms with Crippen LogP contribution in [0.4, 0.5) is 0 Å². The van der Waals surface area contributed by atoms with Gasteiger partial charge < -0.3 is 5.73 Å². The van der Waals surface area contributed by atoms with Crippen molar-refractivity contribution in [2.24, 2.45) is 23.0 Å². The molecule has 1 nitrogen and oxygen atoms in total. The molecule has 0 aromatic rings. The third-order valence-corrected chi connectivity index (χ3v) is 3.58. The Bertz CT molecular complexity index is 130. The Morgan fingerprint density at radius 1 is 1.30 bits per heavy atom. The van der Waals surface area contributed by atoms with Gasteiger partial charge in [0.15, 0.2) is 0 Å². The van der Waals surface area contributed by atoms with Crippen LogP contribution in [0, 0.1) is 17.3 Å². The lowest BCUT2D eigenvalue weighted by Gasteiger charge is -2.29. The predicted molar refractivity (Wildman–Crippen MR) is 42.6 cm³/mol. The van der Waals surface area contributed by atoms with Gasteiger partial charge in [0.1, 0.15) is 0 Å². The van der Waals surface area contributed by atoms with Gasteiger partial charge in [-0.05, 0) is 49.5 Å². The van der Waals surface area contributed by atoms with Gasteiger partial charge in [-0.3, -0.25) is 0 Å². The average molecular weight is 139 g/mol. The van der Waals surface area contributed by atoms with Crippen molar-refractivity contribution in [2.75, 3.05) is 6.54 Å². The summed E-state index contributed by atoms with van der Waals surface area (Å²) in [6.45, 7) is 3.26. The fourth-order valence-corrected chi connectivity index (χ4v) is 2.69. The number of hydrogen-bond donors (Lipinski definition) is 1. The molecule has 1 heteroatoms. The molecule has 0 bridgehead atoms. The van der Waals surface area contributed by atoms with E-state index in [-0.39, 0.29) is 0 Å². The summed E-state index contributed by atoms with van der Waals surface area (Å²) in [5.74, 6) is 2.13. The molecular weight excluding hydrogens is 122 g/mol. The summed E-state index contributed by atoms with van der Waals surface area (Å²) in [4.78, 5) is 0. The van der Waals surface area contributed by atoms with Gasteiger partial charge in [-0.1, -0.05) is 6.92 Å². The third kappa shape index (κ3) is 0.800. The molecule has 0 saturated heterocycles. The van der Waals surface area contributed by atoms with Crippen LogP contribution in [0.15, 0.2) is 0 Å². The van der Waals surface area contributed by atoms with Gasteiger partial charge in [-0.2, -0.15) is 0 Å². The summed E-state index contributed by atoms with van der Waals surface area (Å²) in [7, 11) is 0. The quantitative estimate of drug-likeness (QED) is 0.588. The van der Waals surface area contributed by atoms with Crippen LogP contribution in [0.3, 0.4) is 0 Å². The molecule has 2 aliphatic rings. The highest BCUT2D eigenvalue weighted by atomic mass is 14.6. The highest BCUT2D eigenvalue weighted by molar-refractivity contribution is 4.97. The largest absolute Gasteiger partial charge is 0.330 e. The van der Waals surface area contributed by atoms with Crippen molar-refractivity contribution in [3.8, 4) is 0 Å². The fourth-order valence-electron chi connectivity index (χ4n) is 2.69. The first kappa shape index (κ1) is 6.66. The smallest absolute Gasteiger partial charge is 0.00230 e. The van der Waals surface area contributed by atoms with E-state index in [4.69, 9.17) is 5.73 Å². The molecule has 0 aliphatic heterocycles. The summed E-state index contributed by atoms with van der Waals surface area (Å²) >= 11 is 0. The molecule has 2 aliphatic carbocycles. The summed E-state index contributed by atoms with van der Waals surface area (Å²) in [5.41, 5.74) is 6.24. The van der Waals surface area contributed by atoms with E-state index in [1.165, 1.54) is 25.7 Å². The van der Waals surface area contributed by atoms with Crippen molar-refractivity contribution in [1.82, 2.24) is 0 Å². The van der Waals surface area contributed by atoms with Crippen LogP contribution in [0.25, 0.3) is 0 Å². The maximum absolute atomic E-state index is 5.72. The molecule has 58 valence electrons. The lowest BCUT2D eigenvalue weighted by Crippen LogP contribution is -2.23. The Labute approximate surface area is 63.0 Å². The van der Waals surface area contributed by atoms with Crippen LogP contribution in [-0.4, -0.2) is 6.54 Å². The molecular formula is C9H17N. The van der Waals surface area contributed by atoms with E-state index in [0.717, 1.165) is 18.4 Å². The summed E-state index contributed by atoms with van der Waals surface area (Å²) in [5, 5.41) is 0. The molecule has 0 amide bonds. The van der Waals surface area contributed by atoms with E-state index in [0.29, 0.717) is 5.41 Å². The molecule has 2 fully saturated rings. The fraction of sp³-hybridized carbons (Fsp3) is 1.00. The van der Waals surface area contributed by atoms with E-state index in [1.807, 2.05) is 0 Å². The number of rotatable bonds is 1. The minimum atomic E-state index is 0.520. The summed E-state index contributed by atoms with van der Waals surface area (Å²) < 4.78 is 0. The maximum Gasteiger partial charge on any atom is -0.00230 e. The standard InChI is InChI=1S/C9H17N/c1-9(6-10)4-7-2-3-8(7)5-9/h7-8H,2-6,10H2,1H3. The van der Waals surface area contributed by atoms with Gasteiger partial charge in [-0.15, -0.1) is 0 Å². The van der Waals surface area contributed by atoms with E-state index >= 15 is 0 Å². The van der Waals surface area contributed by atoms with Crippen LogP contribution in [0.1, 0.15) is 32.6 Å². The van der Waals surface area contributed by atoms with Crippen LogP contribution in [-0.2, 0) is 0 Å². The lowest BCUT2D eigenvalue weighted by molar-refractivity contribution is 0.219. The van der Waals surface area contributed by atoms with Crippen molar-refractivity contribution < 1.29 is 0 Å². The highest BCUT2D eigenvalue weighted by Gasteiger charge is 2.45. The second-order valence-corrected chi connectivity index (χ2v) is 4.52. The SMILES string of the molecule is CC1(CN)CC2CCC2C1. The van der Waals surface area contributed by atoms with E-state index in [9.17, 15) is 0 Å². The first-order valence-electron chi connectivity index (χ1n) is 4.44. The van der Waals surface area contributed by atoms with Gasteiger partial charge in [0.05, 0.1) is 0 Å². The molecule has 2 unspecified atom stereocenters. The Hall–Kier alpha value is -0.0400. The molecule has 0 aromatic carbocycles. The van der Waals surface area contributed by atoms with Crippen LogP contribution in [0.5, 0.6) is 0 Å². The second kappa shape index (κ2) is 1.97. The molecule has 10 heavy (non-hydrogen) atoms. The number of hydrogen-bond acceptors (Lipinski definition) is 1. The summed E-state index contributed by atoms with van der Waals surface area (Å²) in [6, 6.07) is 0. The zero-order chi connectivity index (χ0) is 7.19. The Morgan fingerprint density at radius 3 is 2.10 bits per heavy atom. The van der Waals surface area contributed by atoms with Crippen molar-refractivity contribution in [1.29, 1.82) is 0 Å². The van der Waals surface area contributed by atoms with Crippen LogP contribution < -0.4 is 5.73 Å². The topological polar surface area (TPSA) is 26.0 Å². The van der Waals surface area contributed by atoms with Gasteiger partial charge in [0, 0.05) is 0 Å². The zero-order valence-electron chi connectivity index (χ0n) is 6.77. The molecule has 0 radical (unpaired) electrons. The van der Waals surface area contributed by atoms with Crippen molar-refractivity contribution in [2.45, 2.75) is 32.6 Å². The van der Waals surface area contributed by atoms with Crippen molar-refractivity contribution in [3.05, 3.63) is 0 Å². The minimum Gasteiger partial charge on any atom is -0.330 e. The first-order valence-corrected chi connectivity index (χ1v) is 4.44. The predicted octanol–water partition coefficient (Wildman–Crippen LogP) is 1.77. The lowest BCUT2D eigenvalue weighted by atomic mass is 9.77. The second-order valence-electron chi connectivity index (χ2n) is 4.52. The number of fused-ring (bicyclic) bond motifs is 1. The van der Waals surface area contributed by atoms with E-state index < -0.39 is 0 Å². The average Bonchev–Trinajstić information content (AvgIpc) is 2.13. The highest BCUT2D eigenvalue weighted by Crippen LogP contribution is 2.54. The van der Waals surface area contributed by atoms with E-state index in [2.05, 4.69) is 6.92 Å². The molecule has 0 heterocycles. The van der Waals surface area contributed by atoms with E-state index in [1.54, 1.807) is 0 Å².